The van der Waals surface area contributed by atoms with E-state index < -0.39 is 0 Å². The van der Waals surface area contributed by atoms with Gasteiger partial charge in [-0.15, -0.1) is 0 Å². The van der Waals surface area contributed by atoms with E-state index in [0.717, 1.165) is 24.5 Å². The smallest absolute Gasteiger partial charge is 0.105 e. The summed E-state index contributed by atoms with van der Waals surface area (Å²) in [5.41, 5.74) is 1.38. The van der Waals surface area contributed by atoms with Crippen molar-refractivity contribution < 1.29 is 9.15 Å². The molecule has 0 radical (unpaired) electrons. The largest absolute Gasteiger partial charge is 0.466 e. The molecule has 1 aromatic heterocycles. The molecule has 102 valence electrons. The highest BCUT2D eigenvalue weighted by atomic mass is 16.5. The maximum atomic E-state index is 5.75. The summed E-state index contributed by atoms with van der Waals surface area (Å²) in [5.74, 6) is 2.02. The second kappa shape index (κ2) is 5.45. The zero-order chi connectivity index (χ0) is 13.2. The first-order valence-corrected chi connectivity index (χ1v) is 6.95. The minimum atomic E-state index is 0.0877. The summed E-state index contributed by atoms with van der Waals surface area (Å²) in [5, 5.41) is 3.57. The zero-order valence-corrected chi connectivity index (χ0v) is 12.0. The van der Waals surface area contributed by atoms with Gasteiger partial charge in [-0.1, -0.05) is 6.92 Å². The Bertz CT molecular complexity index is 388. The van der Waals surface area contributed by atoms with Crippen LogP contribution in [0.3, 0.4) is 0 Å². The third-order valence-electron chi connectivity index (χ3n) is 4.18. The summed E-state index contributed by atoms with van der Waals surface area (Å²) in [6.45, 7) is 7.17. The Kier molecular flexibility index (Phi) is 4.13. The Morgan fingerprint density at radius 1 is 1.44 bits per heavy atom. The molecule has 1 aromatic rings. The molecule has 3 nitrogen and oxygen atoms in total. The van der Waals surface area contributed by atoms with Gasteiger partial charge in [0, 0.05) is 18.7 Å². The lowest BCUT2D eigenvalue weighted by atomic mass is 9.74. The average molecular weight is 251 g/mol. The van der Waals surface area contributed by atoms with Crippen LogP contribution < -0.4 is 5.32 Å². The van der Waals surface area contributed by atoms with Crippen LogP contribution in [0.1, 0.15) is 55.7 Å². The summed E-state index contributed by atoms with van der Waals surface area (Å²) in [7, 11) is 1.84. The third-order valence-corrected chi connectivity index (χ3v) is 4.18. The molecular formula is C15H25NO2. The van der Waals surface area contributed by atoms with E-state index >= 15 is 0 Å². The van der Waals surface area contributed by atoms with Gasteiger partial charge in [0.2, 0.25) is 0 Å². The maximum Gasteiger partial charge on any atom is 0.105 e. The summed E-state index contributed by atoms with van der Waals surface area (Å²) < 4.78 is 11.4. The van der Waals surface area contributed by atoms with Crippen LogP contribution in [0, 0.1) is 13.8 Å². The molecule has 1 heterocycles. The molecule has 1 N–H and O–H groups in total. The number of hydrogen-bond acceptors (Lipinski definition) is 3. The Labute approximate surface area is 110 Å². The van der Waals surface area contributed by atoms with Gasteiger partial charge < -0.3 is 14.5 Å². The highest BCUT2D eigenvalue weighted by Gasteiger charge is 2.39. The molecule has 0 spiro atoms. The van der Waals surface area contributed by atoms with Gasteiger partial charge in [0.15, 0.2) is 0 Å². The molecule has 1 aliphatic carbocycles. The predicted octanol–water partition coefficient (Wildman–Crippen LogP) is 3.51. The van der Waals surface area contributed by atoms with Crippen LogP contribution in [0.25, 0.3) is 0 Å². The molecule has 0 amide bonds. The molecule has 1 fully saturated rings. The standard InChI is InChI=1S/C15H25NO2/c1-5-16-14(10-15(17-4)7-6-8-15)13-9-11(2)18-12(13)3/h9,14,16H,5-8,10H2,1-4H3. The van der Waals surface area contributed by atoms with Crippen LogP contribution in [0.4, 0.5) is 0 Å². The Hall–Kier alpha value is -0.800. The quantitative estimate of drug-likeness (QED) is 0.840. The van der Waals surface area contributed by atoms with Crippen molar-refractivity contribution in [3.8, 4) is 0 Å². The van der Waals surface area contributed by atoms with E-state index in [2.05, 4.69) is 18.3 Å². The molecular weight excluding hydrogens is 226 g/mol. The fourth-order valence-electron chi connectivity index (χ4n) is 2.97. The van der Waals surface area contributed by atoms with Crippen LogP contribution in [-0.2, 0) is 4.74 Å². The average Bonchev–Trinajstić information content (AvgIpc) is 2.61. The van der Waals surface area contributed by atoms with Crippen LogP contribution in [0.2, 0.25) is 0 Å². The molecule has 0 saturated heterocycles. The van der Waals surface area contributed by atoms with Gasteiger partial charge in [0.05, 0.1) is 5.60 Å². The van der Waals surface area contributed by atoms with Gasteiger partial charge in [-0.3, -0.25) is 0 Å². The monoisotopic (exact) mass is 251 g/mol. The molecule has 1 unspecified atom stereocenters. The van der Waals surface area contributed by atoms with E-state index in [1.54, 1.807) is 0 Å². The highest BCUT2D eigenvalue weighted by Crippen LogP contribution is 2.42. The molecule has 0 bridgehead atoms. The number of methoxy groups -OCH3 is 1. The maximum absolute atomic E-state index is 5.75. The van der Waals surface area contributed by atoms with Gasteiger partial charge >= 0.3 is 0 Å². The van der Waals surface area contributed by atoms with Crippen molar-refractivity contribution in [3.63, 3.8) is 0 Å². The summed E-state index contributed by atoms with van der Waals surface area (Å²) in [6.07, 6.45) is 4.69. The van der Waals surface area contributed by atoms with Crippen LogP contribution >= 0.6 is 0 Å². The van der Waals surface area contributed by atoms with Crippen LogP contribution in [0.15, 0.2) is 10.5 Å². The van der Waals surface area contributed by atoms with Gasteiger partial charge in [-0.25, -0.2) is 0 Å². The molecule has 1 atom stereocenters. The Morgan fingerprint density at radius 2 is 2.17 bits per heavy atom. The second-order valence-corrected chi connectivity index (χ2v) is 5.42. The van der Waals surface area contributed by atoms with E-state index in [1.165, 1.54) is 24.8 Å². The van der Waals surface area contributed by atoms with E-state index in [1.807, 2.05) is 21.0 Å². The van der Waals surface area contributed by atoms with Crippen molar-refractivity contribution in [3.05, 3.63) is 23.2 Å². The van der Waals surface area contributed by atoms with E-state index in [4.69, 9.17) is 9.15 Å². The minimum absolute atomic E-state index is 0.0877. The summed E-state index contributed by atoms with van der Waals surface area (Å²) in [4.78, 5) is 0. The van der Waals surface area contributed by atoms with Crippen molar-refractivity contribution in [2.24, 2.45) is 0 Å². The normalized spacial score (nSPS) is 19.6. The molecule has 0 aliphatic heterocycles. The fourth-order valence-corrected chi connectivity index (χ4v) is 2.97. The van der Waals surface area contributed by atoms with E-state index in [-0.39, 0.29) is 5.60 Å². The first-order chi connectivity index (χ1) is 8.60. The SMILES string of the molecule is CCNC(CC1(OC)CCC1)c1cc(C)oc1C. The first-order valence-electron chi connectivity index (χ1n) is 6.95. The van der Waals surface area contributed by atoms with Gasteiger partial charge in [0.25, 0.3) is 0 Å². The lowest BCUT2D eigenvalue weighted by Crippen LogP contribution is -2.42. The molecule has 0 aromatic carbocycles. The van der Waals surface area contributed by atoms with Crippen molar-refractivity contribution >= 4 is 0 Å². The molecule has 1 saturated carbocycles. The molecule has 1 aliphatic rings. The Morgan fingerprint density at radius 3 is 2.56 bits per heavy atom. The fraction of sp³-hybridized carbons (Fsp3) is 0.733. The summed E-state index contributed by atoms with van der Waals surface area (Å²) >= 11 is 0. The van der Waals surface area contributed by atoms with Crippen LogP contribution in [-0.4, -0.2) is 19.3 Å². The molecule has 2 rings (SSSR count). The minimum Gasteiger partial charge on any atom is -0.466 e. The molecule has 3 heteroatoms. The number of nitrogens with one attached hydrogen (secondary N) is 1. The van der Waals surface area contributed by atoms with Crippen molar-refractivity contribution in [2.75, 3.05) is 13.7 Å². The van der Waals surface area contributed by atoms with Gasteiger partial charge in [-0.05, 0) is 52.1 Å². The highest BCUT2D eigenvalue weighted by molar-refractivity contribution is 5.25. The first kappa shape index (κ1) is 13.6. The van der Waals surface area contributed by atoms with Crippen molar-refractivity contribution in [1.82, 2.24) is 5.32 Å². The van der Waals surface area contributed by atoms with Crippen molar-refractivity contribution in [1.29, 1.82) is 0 Å². The number of hydrogen-bond donors (Lipinski definition) is 1. The molecule has 18 heavy (non-hydrogen) atoms. The third kappa shape index (κ3) is 2.62. The number of ether oxygens (including phenoxy) is 1. The van der Waals surface area contributed by atoms with E-state index in [9.17, 15) is 0 Å². The number of aryl methyl sites for hydroxylation is 2. The predicted molar refractivity (Wildman–Crippen MR) is 72.8 cm³/mol. The van der Waals surface area contributed by atoms with Crippen molar-refractivity contribution in [2.45, 2.75) is 58.1 Å². The lowest BCUT2D eigenvalue weighted by Gasteiger charge is -2.43. The summed E-state index contributed by atoms with van der Waals surface area (Å²) in [6, 6.07) is 2.50. The van der Waals surface area contributed by atoms with Gasteiger partial charge in [-0.2, -0.15) is 0 Å². The number of rotatable bonds is 6. The second-order valence-electron chi connectivity index (χ2n) is 5.42. The van der Waals surface area contributed by atoms with Crippen LogP contribution in [0.5, 0.6) is 0 Å². The zero-order valence-electron chi connectivity index (χ0n) is 12.0. The lowest BCUT2D eigenvalue weighted by molar-refractivity contribution is -0.0838. The van der Waals surface area contributed by atoms with Gasteiger partial charge in [0.1, 0.15) is 11.5 Å². The Balaban J connectivity index is 2.15. The number of furan rings is 1. The van der Waals surface area contributed by atoms with E-state index in [0.29, 0.717) is 6.04 Å². The topological polar surface area (TPSA) is 34.4 Å².